The van der Waals surface area contributed by atoms with Crippen molar-refractivity contribution in [1.82, 2.24) is 15.5 Å². The highest BCUT2D eigenvalue weighted by Crippen LogP contribution is 2.27. The van der Waals surface area contributed by atoms with Crippen LogP contribution in [-0.2, 0) is 14.6 Å². The van der Waals surface area contributed by atoms with E-state index in [0.29, 0.717) is 0 Å². The molecule has 0 bridgehead atoms. The maximum atomic E-state index is 12.1. The van der Waals surface area contributed by atoms with Gasteiger partial charge in [-0.15, -0.1) is 10.2 Å². The van der Waals surface area contributed by atoms with Gasteiger partial charge in [0.15, 0.2) is 9.84 Å². The number of nitrogens with one attached hydrogen (secondary N) is 1. The molecular weight excluding hydrogens is 318 g/mol. The molecule has 0 fully saturated rings. The van der Waals surface area contributed by atoms with Crippen molar-refractivity contribution in [3.05, 3.63) is 11.8 Å². The fraction of sp³-hybridized carbons (Fsp3) is 0.800. The van der Waals surface area contributed by atoms with Crippen molar-refractivity contribution in [3.8, 4) is 0 Å². The molecule has 0 aliphatic heterocycles. The minimum absolute atomic E-state index is 0.0417. The largest absolute Gasteiger partial charge is 0.415 e. The zero-order valence-corrected chi connectivity index (χ0v) is 15.7. The Bertz CT molecular complexity index is 657. The van der Waals surface area contributed by atoms with Crippen molar-refractivity contribution in [1.29, 1.82) is 0 Å². The topological polar surface area (TPSA) is 102 Å². The number of aromatic nitrogens is 2. The Balaban J connectivity index is 2.77. The maximum absolute atomic E-state index is 12.1. The van der Waals surface area contributed by atoms with Crippen LogP contribution in [0.4, 0.5) is 0 Å². The van der Waals surface area contributed by atoms with E-state index in [1.807, 2.05) is 6.92 Å². The van der Waals surface area contributed by atoms with Gasteiger partial charge in [-0.2, -0.15) is 0 Å². The van der Waals surface area contributed by atoms with Gasteiger partial charge in [0.05, 0.1) is 0 Å². The highest BCUT2D eigenvalue weighted by molar-refractivity contribution is 7.91. The van der Waals surface area contributed by atoms with Gasteiger partial charge >= 0.3 is 11.8 Å². The van der Waals surface area contributed by atoms with Crippen LogP contribution in [0.25, 0.3) is 0 Å². The van der Waals surface area contributed by atoms with E-state index in [9.17, 15) is 13.2 Å². The van der Waals surface area contributed by atoms with Crippen LogP contribution < -0.4 is 5.32 Å². The average molecular weight is 345 g/mol. The van der Waals surface area contributed by atoms with E-state index in [2.05, 4.69) is 36.3 Å². The first kappa shape index (κ1) is 19.6. The van der Waals surface area contributed by atoms with Gasteiger partial charge in [-0.25, -0.2) is 8.42 Å². The molecule has 0 radical (unpaired) electrons. The molecule has 1 amide bonds. The average Bonchev–Trinajstić information content (AvgIpc) is 2.84. The van der Waals surface area contributed by atoms with Gasteiger partial charge < -0.3 is 9.73 Å². The van der Waals surface area contributed by atoms with Crippen molar-refractivity contribution >= 4 is 15.7 Å². The molecule has 0 unspecified atom stereocenters. The van der Waals surface area contributed by atoms with Gasteiger partial charge in [-0.3, -0.25) is 4.79 Å². The lowest BCUT2D eigenvalue weighted by molar-refractivity contribution is 0.0897. The summed E-state index contributed by atoms with van der Waals surface area (Å²) in [6, 6.07) is -0.0417. The molecule has 0 aliphatic carbocycles. The van der Waals surface area contributed by atoms with E-state index in [4.69, 9.17) is 4.42 Å². The first-order valence-corrected chi connectivity index (χ1v) is 9.47. The number of sulfone groups is 1. The van der Waals surface area contributed by atoms with E-state index in [0.717, 1.165) is 19.1 Å². The number of carbonyl (C=O) groups excluding carboxylic acids is 1. The molecule has 0 aliphatic rings. The quantitative estimate of drug-likeness (QED) is 0.848. The smallest absolute Gasteiger partial charge is 0.309 e. The molecule has 0 aromatic carbocycles. The third-order valence-electron chi connectivity index (χ3n) is 3.77. The summed E-state index contributed by atoms with van der Waals surface area (Å²) in [5.41, 5.74) is 0.191. The summed E-state index contributed by atoms with van der Waals surface area (Å²) < 4.78 is 27.5. The van der Waals surface area contributed by atoms with Gasteiger partial charge in [0.1, 0.15) is 4.75 Å². The second-order valence-electron chi connectivity index (χ2n) is 7.67. The predicted octanol–water partition coefficient (Wildman–Crippen LogP) is 2.29. The van der Waals surface area contributed by atoms with Crippen LogP contribution in [-0.4, -0.2) is 36.8 Å². The number of amides is 1. The van der Waals surface area contributed by atoms with Crippen LogP contribution in [0.15, 0.2) is 4.42 Å². The van der Waals surface area contributed by atoms with Crippen molar-refractivity contribution in [3.63, 3.8) is 0 Å². The highest BCUT2D eigenvalue weighted by atomic mass is 32.2. The molecule has 8 heteroatoms. The molecule has 1 heterocycles. The molecule has 1 aromatic heterocycles. The fourth-order valence-corrected chi connectivity index (χ4v) is 2.12. The molecule has 132 valence electrons. The molecule has 1 aromatic rings. The van der Waals surface area contributed by atoms with Crippen LogP contribution in [0.5, 0.6) is 0 Å². The standard InChI is InChI=1S/C15H27N3O4S/c1-10(8-9-14(2,3)4)16-11(19)12-17-18-13(22-12)15(5,6)23(7,20)21/h10H,8-9H2,1-7H3,(H,16,19)/t10-/m0/s1. The molecule has 23 heavy (non-hydrogen) atoms. The zero-order valence-electron chi connectivity index (χ0n) is 14.9. The van der Waals surface area contributed by atoms with E-state index in [1.54, 1.807) is 0 Å². The van der Waals surface area contributed by atoms with Gasteiger partial charge in [-0.1, -0.05) is 20.8 Å². The van der Waals surface area contributed by atoms with Crippen molar-refractivity contribution in [2.24, 2.45) is 5.41 Å². The van der Waals surface area contributed by atoms with E-state index in [1.165, 1.54) is 13.8 Å². The molecular formula is C15H27N3O4S. The van der Waals surface area contributed by atoms with E-state index >= 15 is 0 Å². The Labute approximate surface area is 138 Å². The molecule has 1 rings (SSSR count). The van der Waals surface area contributed by atoms with Gasteiger partial charge in [-0.05, 0) is 39.0 Å². The van der Waals surface area contributed by atoms with Crippen LogP contribution in [0, 0.1) is 5.41 Å². The first-order valence-electron chi connectivity index (χ1n) is 7.58. The molecule has 1 atom stereocenters. The second kappa shape index (κ2) is 6.59. The van der Waals surface area contributed by atoms with Crippen LogP contribution in [0.3, 0.4) is 0 Å². The Kier molecular flexibility index (Phi) is 5.61. The molecule has 1 N–H and O–H groups in total. The molecule has 0 spiro atoms. The van der Waals surface area contributed by atoms with Crippen molar-refractivity contribution in [2.75, 3.05) is 6.26 Å². The SMILES string of the molecule is C[C@@H](CCC(C)(C)C)NC(=O)c1nnc(C(C)(C)S(C)(=O)=O)o1. The summed E-state index contributed by atoms with van der Waals surface area (Å²) >= 11 is 0. The lowest BCUT2D eigenvalue weighted by atomic mass is 9.89. The predicted molar refractivity (Wildman–Crippen MR) is 87.8 cm³/mol. The van der Waals surface area contributed by atoms with Gasteiger partial charge in [0.2, 0.25) is 5.89 Å². The Morgan fingerprint density at radius 2 is 1.78 bits per heavy atom. The Morgan fingerprint density at radius 1 is 1.22 bits per heavy atom. The van der Waals surface area contributed by atoms with E-state index in [-0.39, 0.29) is 23.2 Å². The number of hydrogen-bond donors (Lipinski definition) is 1. The van der Waals surface area contributed by atoms with Crippen LogP contribution in [0.2, 0.25) is 0 Å². The number of nitrogens with zero attached hydrogens (tertiary/aromatic N) is 2. The summed E-state index contributed by atoms with van der Waals surface area (Å²) in [4.78, 5) is 12.1. The summed E-state index contributed by atoms with van der Waals surface area (Å²) in [5.74, 6) is -0.804. The lowest BCUT2D eigenvalue weighted by Crippen LogP contribution is -2.33. The normalized spacial score (nSPS) is 14.6. The van der Waals surface area contributed by atoms with Gasteiger partial charge in [0, 0.05) is 12.3 Å². The summed E-state index contributed by atoms with van der Waals surface area (Å²) in [6.07, 6.45) is 2.88. The molecule has 0 saturated carbocycles. The fourth-order valence-electron chi connectivity index (χ4n) is 1.72. The summed E-state index contributed by atoms with van der Waals surface area (Å²) in [6.45, 7) is 11.2. The number of hydrogen-bond acceptors (Lipinski definition) is 6. The first-order chi connectivity index (χ1) is 10.2. The Hall–Kier alpha value is -1.44. The molecule has 7 nitrogen and oxygen atoms in total. The Morgan fingerprint density at radius 3 is 2.26 bits per heavy atom. The minimum atomic E-state index is -3.44. The number of rotatable bonds is 6. The minimum Gasteiger partial charge on any atom is -0.415 e. The van der Waals surface area contributed by atoms with Crippen molar-refractivity contribution < 1.29 is 17.6 Å². The summed E-state index contributed by atoms with van der Waals surface area (Å²) in [5, 5.41) is 10.2. The van der Waals surface area contributed by atoms with Crippen molar-refractivity contribution in [2.45, 2.75) is 65.2 Å². The van der Waals surface area contributed by atoms with Crippen LogP contribution in [0.1, 0.15) is 71.0 Å². The maximum Gasteiger partial charge on any atom is 0.309 e. The summed E-state index contributed by atoms with van der Waals surface area (Å²) in [7, 11) is -3.44. The lowest BCUT2D eigenvalue weighted by Gasteiger charge is -2.21. The number of carbonyl (C=O) groups is 1. The molecule has 0 saturated heterocycles. The third kappa shape index (κ3) is 5.30. The van der Waals surface area contributed by atoms with Crippen LogP contribution >= 0.6 is 0 Å². The highest BCUT2D eigenvalue weighted by Gasteiger charge is 2.38. The third-order valence-corrected chi connectivity index (χ3v) is 5.79. The van der Waals surface area contributed by atoms with E-state index < -0.39 is 20.5 Å². The second-order valence-corrected chi connectivity index (χ2v) is 10.2. The van der Waals surface area contributed by atoms with Gasteiger partial charge in [0.25, 0.3) is 0 Å². The zero-order chi connectivity index (χ0) is 18.1. The monoisotopic (exact) mass is 345 g/mol.